The van der Waals surface area contributed by atoms with Crippen LogP contribution in [0.1, 0.15) is 61.5 Å². The first-order valence-corrected chi connectivity index (χ1v) is 11.0. The number of unbranched alkanes of at least 4 members (excludes halogenated alkanes) is 2. The summed E-state index contributed by atoms with van der Waals surface area (Å²) in [4.78, 5) is 42.0. The predicted octanol–water partition coefficient (Wildman–Crippen LogP) is 3.94. The lowest BCUT2D eigenvalue weighted by atomic mass is 10.1. The van der Waals surface area contributed by atoms with Crippen LogP contribution in [0.4, 0.5) is 5.13 Å². The van der Waals surface area contributed by atoms with Crippen LogP contribution in [0.25, 0.3) is 0 Å². The maximum Gasteiger partial charge on any atom is 0.229 e. The highest BCUT2D eigenvalue weighted by Crippen LogP contribution is 2.22. The second-order valence-electron chi connectivity index (χ2n) is 7.28. The minimum Gasteiger partial charge on any atom is -0.302 e. The van der Waals surface area contributed by atoms with Crippen LogP contribution in [0.3, 0.4) is 0 Å². The molecule has 1 fully saturated rings. The molecule has 29 heavy (non-hydrogen) atoms. The Morgan fingerprint density at radius 3 is 2.45 bits per heavy atom. The monoisotopic (exact) mass is 413 g/mol. The van der Waals surface area contributed by atoms with Crippen molar-refractivity contribution in [2.45, 2.75) is 58.3 Å². The number of benzene rings is 1. The fourth-order valence-electron chi connectivity index (χ4n) is 3.33. The minimum atomic E-state index is -0.0753. The lowest BCUT2D eigenvalue weighted by Crippen LogP contribution is -2.29. The number of likely N-dealkylation sites (tertiary alicyclic amines) is 1. The van der Waals surface area contributed by atoms with E-state index in [0.717, 1.165) is 37.0 Å². The number of nitrogens with one attached hydrogen (secondary N) is 1. The van der Waals surface area contributed by atoms with Crippen molar-refractivity contribution < 1.29 is 14.4 Å². The Balaban J connectivity index is 1.35. The number of aromatic nitrogens is 1. The van der Waals surface area contributed by atoms with Gasteiger partial charge in [0, 0.05) is 43.3 Å². The van der Waals surface area contributed by atoms with E-state index in [1.807, 2.05) is 6.20 Å². The van der Waals surface area contributed by atoms with E-state index in [0.29, 0.717) is 30.9 Å². The van der Waals surface area contributed by atoms with Gasteiger partial charge in [-0.3, -0.25) is 19.3 Å². The number of hydrogen-bond acceptors (Lipinski definition) is 5. The van der Waals surface area contributed by atoms with E-state index >= 15 is 0 Å². The topological polar surface area (TPSA) is 79.4 Å². The van der Waals surface area contributed by atoms with Crippen molar-refractivity contribution >= 4 is 34.2 Å². The molecule has 0 bridgehead atoms. The number of hydrogen-bond donors (Lipinski definition) is 1. The summed E-state index contributed by atoms with van der Waals surface area (Å²) in [5.41, 5.74) is 2.56. The number of anilines is 1. The number of imide groups is 1. The van der Waals surface area contributed by atoms with Crippen LogP contribution in [0.2, 0.25) is 0 Å². The van der Waals surface area contributed by atoms with Gasteiger partial charge in [0.2, 0.25) is 17.7 Å². The molecule has 6 nitrogen and oxygen atoms in total. The molecular formula is C22H27N3O3S. The Labute approximate surface area is 175 Å². The van der Waals surface area contributed by atoms with Gasteiger partial charge in [0.15, 0.2) is 5.13 Å². The van der Waals surface area contributed by atoms with E-state index in [9.17, 15) is 14.4 Å². The zero-order chi connectivity index (χ0) is 20.6. The molecule has 1 aliphatic heterocycles. The van der Waals surface area contributed by atoms with Crippen molar-refractivity contribution in [3.8, 4) is 0 Å². The SMILES string of the molecule is CCc1ccc(Cc2cnc(NC(=O)CCCCCN3C(=O)CCC3=O)s2)cc1. The maximum absolute atomic E-state index is 12.1. The third-order valence-electron chi connectivity index (χ3n) is 5.05. The fourth-order valence-corrected chi connectivity index (χ4v) is 4.19. The molecule has 0 unspecified atom stereocenters. The summed E-state index contributed by atoms with van der Waals surface area (Å²) in [5.74, 6) is -0.200. The quantitative estimate of drug-likeness (QED) is 0.473. The van der Waals surface area contributed by atoms with Gasteiger partial charge >= 0.3 is 0 Å². The first-order valence-electron chi connectivity index (χ1n) is 10.2. The van der Waals surface area contributed by atoms with Crippen LogP contribution >= 0.6 is 11.3 Å². The summed E-state index contributed by atoms with van der Waals surface area (Å²) in [6, 6.07) is 8.57. The summed E-state index contributed by atoms with van der Waals surface area (Å²) in [5, 5.41) is 3.49. The van der Waals surface area contributed by atoms with Crippen LogP contribution in [0.5, 0.6) is 0 Å². The molecule has 1 aromatic heterocycles. The summed E-state index contributed by atoms with van der Waals surface area (Å²) in [6.07, 6.45) is 7.01. The van der Waals surface area contributed by atoms with E-state index in [1.54, 1.807) is 0 Å². The molecule has 3 amide bonds. The van der Waals surface area contributed by atoms with Crippen LogP contribution in [0, 0.1) is 0 Å². The summed E-state index contributed by atoms with van der Waals surface area (Å²) >= 11 is 1.50. The highest BCUT2D eigenvalue weighted by atomic mass is 32.1. The van der Waals surface area contributed by atoms with Gasteiger partial charge in [-0.15, -0.1) is 11.3 Å². The summed E-state index contributed by atoms with van der Waals surface area (Å²) in [6.45, 7) is 2.61. The summed E-state index contributed by atoms with van der Waals surface area (Å²) in [7, 11) is 0. The Bertz CT molecular complexity index is 844. The molecule has 0 spiro atoms. The van der Waals surface area contributed by atoms with Crippen molar-refractivity contribution in [1.29, 1.82) is 0 Å². The third kappa shape index (κ3) is 6.22. The van der Waals surface area contributed by atoms with Gasteiger partial charge in [0.25, 0.3) is 0 Å². The maximum atomic E-state index is 12.1. The van der Waals surface area contributed by atoms with Crippen molar-refractivity contribution in [1.82, 2.24) is 9.88 Å². The van der Waals surface area contributed by atoms with Gasteiger partial charge in [-0.1, -0.05) is 37.6 Å². The van der Waals surface area contributed by atoms with Crippen molar-refractivity contribution in [3.63, 3.8) is 0 Å². The molecule has 3 rings (SSSR count). The molecule has 0 aliphatic carbocycles. The van der Waals surface area contributed by atoms with Crippen molar-refractivity contribution in [2.24, 2.45) is 0 Å². The largest absolute Gasteiger partial charge is 0.302 e. The molecule has 0 radical (unpaired) electrons. The van der Waals surface area contributed by atoms with Gasteiger partial charge in [0.1, 0.15) is 0 Å². The van der Waals surface area contributed by atoms with E-state index in [4.69, 9.17) is 0 Å². The molecule has 7 heteroatoms. The van der Waals surface area contributed by atoms with Crippen LogP contribution in [0.15, 0.2) is 30.5 Å². The molecule has 2 aromatic rings. The normalized spacial score (nSPS) is 13.9. The average Bonchev–Trinajstić information content (AvgIpc) is 3.28. The van der Waals surface area contributed by atoms with E-state index in [1.165, 1.54) is 27.4 Å². The standard InChI is InChI=1S/C22H27N3O3S/c1-2-16-7-9-17(10-8-16)14-18-15-23-22(29-18)24-19(26)6-4-3-5-13-25-20(27)11-12-21(25)28/h7-10,15H,2-6,11-14H2,1H3,(H,23,24,26). The first kappa shape index (κ1) is 21.2. The highest BCUT2D eigenvalue weighted by molar-refractivity contribution is 7.15. The Morgan fingerprint density at radius 1 is 1.07 bits per heavy atom. The number of rotatable bonds is 10. The second kappa shape index (κ2) is 10.3. The van der Waals surface area contributed by atoms with Gasteiger partial charge < -0.3 is 5.32 Å². The molecule has 0 atom stereocenters. The number of aryl methyl sites for hydroxylation is 1. The zero-order valence-electron chi connectivity index (χ0n) is 16.8. The molecule has 2 heterocycles. The number of thiazole rings is 1. The number of amides is 3. The Kier molecular flexibility index (Phi) is 7.52. The second-order valence-corrected chi connectivity index (χ2v) is 8.39. The highest BCUT2D eigenvalue weighted by Gasteiger charge is 2.27. The molecule has 1 N–H and O–H groups in total. The lowest BCUT2D eigenvalue weighted by Gasteiger charge is -2.12. The van der Waals surface area contributed by atoms with Gasteiger partial charge in [0.05, 0.1) is 0 Å². The summed E-state index contributed by atoms with van der Waals surface area (Å²) < 4.78 is 0. The lowest BCUT2D eigenvalue weighted by molar-refractivity contribution is -0.138. The first-order chi connectivity index (χ1) is 14.0. The van der Waals surface area contributed by atoms with Crippen LogP contribution in [-0.4, -0.2) is 34.2 Å². The van der Waals surface area contributed by atoms with E-state index in [-0.39, 0.29) is 17.7 Å². The fraction of sp³-hybridized carbons (Fsp3) is 0.455. The molecule has 154 valence electrons. The van der Waals surface area contributed by atoms with Crippen molar-refractivity contribution in [3.05, 3.63) is 46.5 Å². The Hall–Kier alpha value is -2.54. The van der Waals surface area contributed by atoms with Crippen LogP contribution in [-0.2, 0) is 27.2 Å². The van der Waals surface area contributed by atoms with Crippen molar-refractivity contribution in [2.75, 3.05) is 11.9 Å². The van der Waals surface area contributed by atoms with Gasteiger partial charge in [-0.25, -0.2) is 4.98 Å². The minimum absolute atomic E-state index is 0.0495. The number of carbonyl (C=O) groups excluding carboxylic acids is 3. The zero-order valence-corrected chi connectivity index (χ0v) is 17.6. The molecular weight excluding hydrogens is 386 g/mol. The smallest absolute Gasteiger partial charge is 0.229 e. The van der Waals surface area contributed by atoms with E-state index in [2.05, 4.69) is 41.5 Å². The average molecular weight is 414 g/mol. The Morgan fingerprint density at radius 2 is 1.76 bits per heavy atom. The third-order valence-corrected chi connectivity index (χ3v) is 5.96. The number of carbonyl (C=O) groups is 3. The van der Waals surface area contributed by atoms with Gasteiger partial charge in [-0.05, 0) is 30.4 Å². The number of nitrogens with zero attached hydrogens (tertiary/aromatic N) is 2. The molecule has 1 aromatic carbocycles. The van der Waals surface area contributed by atoms with E-state index < -0.39 is 0 Å². The molecule has 1 aliphatic rings. The van der Waals surface area contributed by atoms with Crippen LogP contribution < -0.4 is 5.32 Å². The molecule has 1 saturated heterocycles. The van der Waals surface area contributed by atoms with Gasteiger partial charge in [-0.2, -0.15) is 0 Å². The molecule has 0 saturated carbocycles. The predicted molar refractivity (Wildman–Crippen MR) is 114 cm³/mol.